The Morgan fingerprint density at radius 1 is 1.44 bits per heavy atom. The average molecular weight is 316 g/mol. The second-order valence-electron chi connectivity index (χ2n) is 5.33. The zero-order valence-corrected chi connectivity index (χ0v) is 13.0. The van der Waals surface area contributed by atoms with Crippen LogP contribution < -0.4 is 0 Å². The number of rotatable bonds is 5. The molecule has 0 aliphatic carbocycles. The van der Waals surface area contributed by atoms with E-state index in [4.69, 9.17) is 4.74 Å². The van der Waals surface area contributed by atoms with Crippen LogP contribution in [0.25, 0.3) is 0 Å². The highest BCUT2D eigenvalue weighted by Crippen LogP contribution is 2.32. The van der Waals surface area contributed by atoms with Crippen LogP contribution in [0.15, 0.2) is 0 Å². The van der Waals surface area contributed by atoms with E-state index >= 15 is 0 Å². The maximum absolute atomic E-state index is 5.78. The third kappa shape index (κ3) is 2.77. The Kier molecular flexibility index (Phi) is 4.78. The quantitative estimate of drug-likeness (QED) is 0.784. The van der Waals surface area contributed by atoms with Crippen molar-refractivity contribution in [3.05, 3.63) is 11.6 Å². The van der Waals surface area contributed by atoms with Crippen molar-refractivity contribution in [1.82, 2.24) is 14.8 Å². The number of ether oxygens (including phenoxy) is 1. The Balaban J connectivity index is 2.28. The van der Waals surface area contributed by atoms with E-state index in [1.807, 2.05) is 0 Å². The molecule has 0 aromatic carbocycles. The Bertz CT molecular complexity index is 392. The van der Waals surface area contributed by atoms with Crippen molar-refractivity contribution < 1.29 is 4.74 Å². The van der Waals surface area contributed by atoms with Gasteiger partial charge in [0.2, 0.25) is 0 Å². The molecule has 102 valence electrons. The predicted octanol–water partition coefficient (Wildman–Crippen LogP) is 3.11. The summed E-state index contributed by atoms with van der Waals surface area (Å²) in [6.45, 7) is 8.46. The Morgan fingerprint density at radius 3 is 2.83 bits per heavy atom. The van der Waals surface area contributed by atoms with E-state index in [0.717, 1.165) is 43.0 Å². The van der Waals surface area contributed by atoms with Gasteiger partial charge in [0.25, 0.3) is 0 Å². The fourth-order valence-electron chi connectivity index (χ4n) is 2.63. The molecular weight excluding hydrogens is 294 g/mol. The molecule has 0 bridgehead atoms. The number of halogens is 1. The molecule has 18 heavy (non-hydrogen) atoms. The number of hydrogen-bond donors (Lipinski definition) is 0. The first-order valence-electron chi connectivity index (χ1n) is 6.76. The van der Waals surface area contributed by atoms with E-state index in [1.54, 1.807) is 0 Å². The minimum Gasteiger partial charge on any atom is -0.377 e. The van der Waals surface area contributed by atoms with Crippen molar-refractivity contribution in [3.8, 4) is 0 Å². The molecule has 2 unspecified atom stereocenters. The summed E-state index contributed by atoms with van der Waals surface area (Å²) in [4.78, 5) is 0. The van der Waals surface area contributed by atoms with E-state index < -0.39 is 0 Å². The number of nitrogens with zero attached hydrogens (tertiary/aromatic N) is 3. The Labute approximate surface area is 117 Å². The van der Waals surface area contributed by atoms with Gasteiger partial charge in [0.05, 0.1) is 11.4 Å². The van der Waals surface area contributed by atoms with Crippen molar-refractivity contribution in [2.75, 3.05) is 6.61 Å². The van der Waals surface area contributed by atoms with Gasteiger partial charge in [-0.05, 0) is 18.8 Å². The Hall–Kier alpha value is -0.420. The number of aromatic nitrogens is 3. The molecule has 0 radical (unpaired) electrons. The van der Waals surface area contributed by atoms with Crippen LogP contribution in [0.1, 0.15) is 51.2 Å². The molecule has 1 aliphatic heterocycles. The fraction of sp³-hybridized carbons (Fsp3) is 0.846. The van der Waals surface area contributed by atoms with Gasteiger partial charge >= 0.3 is 0 Å². The topological polar surface area (TPSA) is 39.9 Å². The summed E-state index contributed by atoms with van der Waals surface area (Å²) in [5.74, 6) is 3.15. The smallest absolute Gasteiger partial charge is 0.143 e. The first kappa shape index (κ1) is 14.0. The standard InChI is InChI=1S/C13H22BrN3O/c1-4-11-10(5-6-18-11)13-16-15-12(7-14)17(13)8-9(2)3/h9-11H,4-8H2,1-3H3. The summed E-state index contributed by atoms with van der Waals surface area (Å²) >= 11 is 3.50. The molecule has 1 saturated heterocycles. The van der Waals surface area contributed by atoms with Crippen LogP contribution in [-0.4, -0.2) is 27.5 Å². The van der Waals surface area contributed by atoms with Gasteiger partial charge in [-0.15, -0.1) is 10.2 Å². The lowest BCUT2D eigenvalue weighted by Crippen LogP contribution is -2.20. The monoisotopic (exact) mass is 315 g/mol. The SMILES string of the molecule is CCC1OCCC1c1nnc(CBr)n1CC(C)C. The van der Waals surface area contributed by atoms with Crippen molar-refractivity contribution in [1.29, 1.82) is 0 Å². The van der Waals surface area contributed by atoms with Gasteiger partial charge in [-0.2, -0.15) is 0 Å². The molecule has 1 aromatic rings. The summed E-state index contributed by atoms with van der Waals surface area (Å²) in [6.07, 6.45) is 2.42. The summed E-state index contributed by atoms with van der Waals surface area (Å²) < 4.78 is 8.06. The molecule has 4 nitrogen and oxygen atoms in total. The molecule has 0 N–H and O–H groups in total. The van der Waals surface area contributed by atoms with Crippen molar-refractivity contribution in [3.63, 3.8) is 0 Å². The highest BCUT2D eigenvalue weighted by molar-refractivity contribution is 9.08. The fourth-order valence-corrected chi connectivity index (χ4v) is 3.05. The lowest BCUT2D eigenvalue weighted by Gasteiger charge is -2.19. The van der Waals surface area contributed by atoms with Gasteiger partial charge in [0.15, 0.2) is 0 Å². The molecular formula is C13H22BrN3O. The molecule has 2 heterocycles. The van der Waals surface area contributed by atoms with Crippen LogP contribution in [0.2, 0.25) is 0 Å². The van der Waals surface area contributed by atoms with Gasteiger partial charge in [-0.3, -0.25) is 0 Å². The third-order valence-corrected chi connectivity index (χ3v) is 3.97. The molecule has 0 saturated carbocycles. The van der Waals surface area contributed by atoms with Crippen LogP contribution in [0.4, 0.5) is 0 Å². The van der Waals surface area contributed by atoms with Crippen molar-refractivity contribution >= 4 is 15.9 Å². The van der Waals surface area contributed by atoms with Gasteiger partial charge < -0.3 is 9.30 Å². The van der Waals surface area contributed by atoms with Crippen LogP contribution in [0.3, 0.4) is 0 Å². The lowest BCUT2D eigenvalue weighted by atomic mass is 9.98. The van der Waals surface area contributed by atoms with Gasteiger partial charge in [0.1, 0.15) is 11.6 Å². The lowest BCUT2D eigenvalue weighted by molar-refractivity contribution is 0.0987. The second kappa shape index (κ2) is 6.15. The first-order valence-corrected chi connectivity index (χ1v) is 7.89. The van der Waals surface area contributed by atoms with Gasteiger partial charge in [-0.1, -0.05) is 36.7 Å². The third-order valence-electron chi connectivity index (χ3n) is 3.47. The highest BCUT2D eigenvalue weighted by atomic mass is 79.9. The highest BCUT2D eigenvalue weighted by Gasteiger charge is 2.32. The van der Waals surface area contributed by atoms with Crippen LogP contribution in [-0.2, 0) is 16.6 Å². The molecule has 2 atom stereocenters. The minimum atomic E-state index is 0.309. The van der Waals surface area contributed by atoms with Crippen molar-refractivity contribution in [2.45, 2.75) is 57.5 Å². The second-order valence-corrected chi connectivity index (χ2v) is 5.89. The number of hydrogen-bond acceptors (Lipinski definition) is 3. The zero-order chi connectivity index (χ0) is 13.1. The summed E-state index contributed by atoms with van der Waals surface area (Å²) in [6, 6.07) is 0. The molecule has 0 amide bonds. The van der Waals surface area contributed by atoms with Crippen molar-refractivity contribution in [2.24, 2.45) is 5.92 Å². The largest absolute Gasteiger partial charge is 0.377 e. The summed E-state index contributed by atoms with van der Waals surface area (Å²) in [7, 11) is 0. The minimum absolute atomic E-state index is 0.309. The van der Waals surface area contributed by atoms with Gasteiger partial charge in [0, 0.05) is 19.1 Å². The van der Waals surface area contributed by atoms with E-state index in [2.05, 4.69) is 51.5 Å². The maximum Gasteiger partial charge on any atom is 0.143 e. The number of alkyl halides is 1. The Morgan fingerprint density at radius 2 is 2.22 bits per heavy atom. The molecule has 1 aromatic heterocycles. The van der Waals surface area contributed by atoms with Gasteiger partial charge in [-0.25, -0.2) is 0 Å². The van der Waals surface area contributed by atoms with E-state index in [9.17, 15) is 0 Å². The summed E-state index contributed by atoms with van der Waals surface area (Å²) in [5.41, 5.74) is 0. The van der Waals surface area contributed by atoms with E-state index in [0.29, 0.717) is 17.9 Å². The zero-order valence-electron chi connectivity index (χ0n) is 11.4. The molecule has 2 rings (SSSR count). The molecule has 0 spiro atoms. The predicted molar refractivity (Wildman–Crippen MR) is 74.9 cm³/mol. The first-order chi connectivity index (χ1) is 8.67. The van der Waals surface area contributed by atoms with E-state index in [1.165, 1.54) is 0 Å². The average Bonchev–Trinajstić information content (AvgIpc) is 2.93. The summed E-state index contributed by atoms with van der Waals surface area (Å²) in [5, 5.41) is 9.50. The molecule has 5 heteroatoms. The van der Waals surface area contributed by atoms with E-state index in [-0.39, 0.29) is 0 Å². The maximum atomic E-state index is 5.78. The van der Waals surface area contributed by atoms with Crippen LogP contribution in [0, 0.1) is 5.92 Å². The normalized spacial score (nSPS) is 24.1. The van der Waals surface area contributed by atoms with Crippen LogP contribution in [0.5, 0.6) is 0 Å². The molecule has 1 fully saturated rings. The molecule has 1 aliphatic rings. The van der Waals surface area contributed by atoms with Crippen LogP contribution >= 0.6 is 15.9 Å².